The second-order valence-corrected chi connectivity index (χ2v) is 7.32. The molecule has 3 aromatic rings. The number of rotatable bonds is 9. The quantitative estimate of drug-likeness (QED) is 0.306. The molecule has 0 amide bonds. The molecule has 0 aliphatic carbocycles. The van der Waals surface area contributed by atoms with Gasteiger partial charge < -0.3 is 9.30 Å². The molecule has 3 rings (SSSR count). The van der Waals surface area contributed by atoms with Crippen molar-refractivity contribution in [3.63, 3.8) is 0 Å². The predicted octanol–water partition coefficient (Wildman–Crippen LogP) is 2.83. The van der Waals surface area contributed by atoms with E-state index in [9.17, 15) is 14.4 Å². The fourth-order valence-corrected chi connectivity index (χ4v) is 3.59. The summed E-state index contributed by atoms with van der Waals surface area (Å²) < 4.78 is 7.86. The molecular weight excluding hydrogens is 384 g/mol. The number of nitrogens with zero attached hydrogens (tertiary/aromatic N) is 4. The number of unbranched alkanes of at least 4 members (excludes halogenated alkanes) is 2. The van der Waals surface area contributed by atoms with Gasteiger partial charge in [0.15, 0.2) is 5.78 Å². The molecule has 0 aliphatic heterocycles. The number of hydrogen-bond donors (Lipinski definition) is 0. The standard InChI is InChI=1S/C22H26N4O4/c1-15-13-18(16(2)25(15)12-8-4-5-11-21(28)30-3)20(27)14-26-22(29)17-9-6-7-10-19(17)23-24-26/h6-7,9-10,13H,4-5,8,11-12,14H2,1-3H3. The summed E-state index contributed by atoms with van der Waals surface area (Å²) in [5.74, 6) is -0.366. The fourth-order valence-electron chi connectivity index (χ4n) is 3.59. The summed E-state index contributed by atoms with van der Waals surface area (Å²) in [6.45, 7) is 4.48. The van der Waals surface area contributed by atoms with E-state index in [0.29, 0.717) is 22.9 Å². The Morgan fingerprint density at radius 3 is 2.63 bits per heavy atom. The maximum atomic E-state index is 12.9. The third kappa shape index (κ3) is 4.64. The summed E-state index contributed by atoms with van der Waals surface area (Å²) >= 11 is 0. The average Bonchev–Trinajstić information content (AvgIpc) is 3.03. The van der Waals surface area contributed by atoms with Gasteiger partial charge in [-0.15, -0.1) is 5.10 Å². The summed E-state index contributed by atoms with van der Waals surface area (Å²) in [5.41, 5.74) is 2.63. The molecule has 2 aromatic heterocycles. The Morgan fingerprint density at radius 1 is 1.10 bits per heavy atom. The van der Waals surface area contributed by atoms with Gasteiger partial charge in [0.05, 0.1) is 12.5 Å². The molecule has 0 fully saturated rings. The van der Waals surface area contributed by atoms with E-state index in [1.165, 1.54) is 7.11 Å². The molecule has 0 bridgehead atoms. The van der Waals surface area contributed by atoms with Crippen LogP contribution >= 0.6 is 0 Å². The number of ketones is 1. The number of benzene rings is 1. The van der Waals surface area contributed by atoms with Gasteiger partial charge in [-0.25, -0.2) is 4.68 Å². The number of esters is 1. The predicted molar refractivity (Wildman–Crippen MR) is 113 cm³/mol. The Hall–Kier alpha value is -3.29. The highest BCUT2D eigenvalue weighted by molar-refractivity contribution is 5.97. The number of aryl methyl sites for hydroxylation is 1. The van der Waals surface area contributed by atoms with Gasteiger partial charge in [0, 0.05) is 29.9 Å². The Balaban J connectivity index is 1.68. The summed E-state index contributed by atoms with van der Waals surface area (Å²) in [7, 11) is 1.39. The molecule has 0 N–H and O–H groups in total. The molecule has 0 unspecified atom stereocenters. The zero-order valence-electron chi connectivity index (χ0n) is 17.6. The zero-order valence-corrected chi connectivity index (χ0v) is 17.6. The van der Waals surface area contributed by atoms with Crippen molar-refractivity contribution >= 4 is 22.7 Å². The smallest absolute Gasteiger partial charge is 0.305 e. The topological polar surface area (TPSA) is 96.1 Å². The molecule has 0 spiro atoms. The number of Topliss-reactive ketones (excluding diaryl/α,β-unsaturated/α-hetero) is 1. The van der Waals surface area contributed by atoms with Crippen molar-refractivity contribution in [2.75, 3.05) is 7.11 Å². The van der Waals surface area contributed by atoms with E-state index >= 15 is 0 Å². The SMILES string of the molecule is COC(=O)CCCCCn1c(C)cc(C(=O)Cn2nnc3ccccc3c2=O)c1C. The van der Waals surface area contributed by atoms with Crippen LogP contribution in [0.1, 0.15) is 47.4 Å². The van der Waals surface area contributed by atoms with Crippen LogP contribution in [0.25, 0.3) is 10.9 Å². The highest BCUT2D eigenvalue weighted by atomic mass is 16.5. The number of methoxy groups -OCH3 is 1. The van der Waals surface area contributed by atoms with Crippen LogP contribution in [0.4, 0.5) is 0 Å². The lowest BCUT2D eigenvalue weighted by atomic mass is 10.1. The molecule has 8 nitrogen and oxygen atoms in total. The van der Waals surface area contributed by atoms with E-state index in [1.54, 1.807) is 24.3 Å². The maximum absolute atomic E-state index is 12.9. The summed E-state index contributed by atoms with van der Waals surface area (Å²) in [4.78, 5) is 36.7. The minimum atomic E-state index is -0.326. The number of fused-ring (bicyclic) bond motifs is 1. The Morgan fingerprint density at radius 2 is 1.87 bits per heavy atom. The minimum absolute atomic E-state index is 0.153. The molecule has 0 radical (unpaired) electrons. The van der Waals surface area contributed by atoms with Crippen LogP contribution < -0.4 is 5.56 Å². The highest BCUT2D eigenvalue weighted by Crippen LogP contribution is 2.18. The number of hydrogen-bond acceptors (Lipinski definition) is 6. The maximum Gasteiger partial charge on any atom is 0.305 e. The van der Waals surface area contributed by atoms with E-state index in [0.717, 1.165) is 41.9 Å². The lowest BCUT2D eigenvalue weighted by Crippen LogP contribution is -2.28. The summed E-state index contributed by atoms with van der Waals surface area (Å²) in [5, 5.41) is 8.39. The van der Waals surface area contributed by atoms with Crippen LogP contribution in [0.2, 0.25) is 0 Å². The lowest BCUT2D eigenvalue weighted by Gasteiger charge is -2.10. The van der Waals surface area contributed by atoms with Crippen LogP contribution in [0.5, 0.6) is 0 Å². The molecule has 0 saturated heterocycles. The number of carbonyl (C=O) groups excluding carboxylic acids is 2. The second kappa shape index (κ2) is 9.47. The van der Waals surface area contributed by atoms with Gasteiger partial charge >= 0.3 is 5.97 Å². The van der Waals surface area contributed by atoms with Gasteiger partial charge in [-0.2, -0.15) is 0 Å². The first kappa shape index (κ1) is 21.4. The van der Waals surface area contributed by atoms with Crippen molar-refractivity contribution in [2.45, 2.75) is 52.6 Å². The van der Waals surface area contributed by atoms with E-state index in [1.807, 2.05) is 19.9 Å². The molecule has 8 heteroatoms. The van der Waals surface area contributed by atoms with Crippen molar-refractivity contribution in [1.29, 1.82) is 0 Å². The van der Waals surface area contributed by atoms with E-state index in [2.05, 4.69) is 19.6 Å². The molecule has 158 valence electrons. The van der Waals surface area contributed by atoms with Gasteiger partial charge in [-0.05, 0) is 44.9 Å². The normalized spacial score (nSPS) is 11.0. The molecule has 0 atom stereocenters. The van der Waals surface area contributed by atoms with Gasteiger partial charge in [-0.1, -0.05) is 23.8 Å². The Bertz CT molecular complexity index is 1130. The van der Waals surface area contributed by atoms with Crippen molar-refractivity contribution in [3.05, 3.63) is 57.6 Å². The molecule has 30 heavy (non-hydrogen) atoms. The first-order valence-electron chi connectivity index (χ1n) is 10.0. The van der Waals surface area contributed by atoms with Gasteiger partial charge in [0.1, 0.15) is 12.1 Å². The van der Waals surface area contributed by atoms with Crippen LogP contribution in [-0.4, -0.2) is 38.4 Å². The lowest BCUT2D eigenvalue weighted by molar-refractivity contribution is -0.140. The largest absolute Gasteiger partial charge is 0.469 e. The molecule has 1 aromatic carbocycles. The van der Waals surface area contributed by atoms with Crippen molar-refractivity contribution in [2.24, 2.45) is 0 Å². The Labute approximate surface area is 174 Å². The number of aromatic nitrogens is 4. The first-order chi connectivity index (χ1) is 14.4. The zero-order chi connectivity index (χ0) is 21.7. The van der Waals surface area contributed by atoms with Crippen LogP contribution in [0.3, 0.4) is 0 Å². The van der Waals surface area contributed by atoms with E-state index < -0.39 is 0 Å². The minimum Gasteiger partial charge on any atom is -0.469 e. The molecular formula is C22H26N4O4. The van der Waals surface area contributed by atoms with Crippen LogP contribution in [0.15, 0.2) is 35.1 Å². The number of carbonyl (C=O) groups is 2. The summed E-state index contributed by atoms with van der Waals surface area (Å²) in [6, 6.07) is 8.80. The van der Waals surface area contributed by atoms with Crippen molar-refractivity contribution < 1.29 is 14.3 Å². The molecule has 2 heterocycles. The van der Waals surface area contributed by atoms with Crippen molar-refractivity contribution in [1.82, 2.24) is 19.6 Å². The van der Waals surface area contributed by atoms with E-state index in [4.69, 9.17) is 0 Å². The average molecular weight is 410 g/mol. The fraction of sp³-hybridized carbons (Fsp3) is 0.409. The third-order valence-electron chi connectivity index (χ3n) is 5.29. The Kier molecular flexibility index (Phi) is 6.76. The van der Waals surface area contributed by atoms with Gasteiger partial charge in [0.2, 0.25) is 0 Å². The monoisotopic (exact) mass is 410 g/mol. The van der Waals surface area contributed by atoms with E-state index in [-0.39, 0.29) is 23.9 Å². The van der Waals surface area contributed by atoms with Gasteiger partial charge in [-0.3, -0.25) is 14.4 Å². The van der Waals surface area contributed by atoms with Crippen LogP contribution in [-0.2, 0) is 22.6 Å². The summed E-state index contributed by atoms with van der Waals surface area (Å²) in [6.07, 6.45) is 3.00. The molecule has 0 aliphatic rings. The number of ether oxygens (including phenoxy) is 1. The van der Waals surface area contributed by atoms with Crippen molar-refractivity contribution in [3.8, 4) is 0 Å². The highest BCUT2D eigenvalue weighted by Gasteiger charge is 2.17. The van der Waals surface area contributed by atoms with Crippen LogP contribution in [0, 0.1) is 13.8 Å². The molecule has 0 saturated carbocycles. The third-order valence-corrected chi connectivity index (χ3v) is 5.29. The van der Waals surface area contributed by atoms with Gasteiger partial charge in [0.25, 0.3) is 5.56 Å². The first-order valence-corrected chi connectivity index (χ1v) is 10.0. The second-order valence-electron chi connectivity index (χ2n) is 7.32.